The number of methoxy groups -OCH3 is 1. The van der Waals surface area contributed by atoms with Crippen molar-refractivity contribution in [1.82, 2.24) is 5.32 Å². The summed E-state index contributed by atoms with van der Waals surface area (Å²) >= 11 is 0. The minimum Gasteiger partial charge on any atom is -0.475 e. The number of carbonyl (C=O) groups excluding carboxylic acids is 2. The third-order valence-electron chi connectivity index (χ3n) is 5.51. The lowest BCUT2D eigenvalue weighted by molar-refractivity contribution is -0.156. The highest BCUT2D eigenvalue weighted by Gasteiger charge is 2.43. The first-order valence-corrected chi connectivity index (χ1v) is 10.2. The minimum absolute atomic E-state index is 0.0923. The van der Waals surface area contributed by atoms with Crippen LogP contribution in [-0.4, -0.2) is 63.3 Å². The monoisotopic (exact) mass is 439 g/mol. The maximum atomic E-state index is 13.1. The molecule has 3 aliphatic rings. The van der Waals surface area contributed by atoms with Gasteiger partial charge in [-0.3, -0.25) is 4.79 Å². The van der Waals surface area contributed by atoms with E-state index in [1.165, 1.54) is 7.11 Å². The number of hydrogen-bond acceptors (Lipinski definition) is 9. The second kappa shape index (κ2) is 8.83. The molecule has 1 amide bonds. The maximum absolute atomic E-state index is 13.1. The largest absolute Gasteiger partial charge is 0.475 e. The van der Waals surface area contributed by atoms with Crippen LogP contribution >= 0.6 is 0 Å². The Labute approximate surface area is 185 Å². The van der Waals surface area contributed by atoms with Gasteiger partial charge >= 0.3 is 5.97 Å². The number of hydrogen-bond donors (Lipinski definition) is 3. The molecular formula is C22H25N5O5. The molecule has 1 fully saturated rings. The molecule has 4 rings (SSSR count). The number of nitrogens with zero attached hydrogens (tertiary/aromatic N) is 2. The van der Waals surface area contributed by atoms with Crippen molar-refractivity contribution in [2.24, 2.45) is 4.99 Å². The summed E-state index contributed by atoms with van der Waals surface area (Å²) in [5.74, 6) is -0.0706. The van der Waals surface area contributed by atoms with Crippen LogP contribution in [-0.2, 0) is 25.5 Å². The molecule has 32 heavy (non-hydrogen) atoms. The summed E-state index contributed by atoms with van der Waals surface area (Å²) < 4.78 is 16.3. The zero-order chi connectivity index (χ0) is 22.7. The van der Waals surface area contributed by atoms with E-state index in [1.807, 2.05) is 12.1 Å². The first kappa shape index (κ1) is 21.6. The molecular weight excluding hydrogens is 414 g/mol. The molecule has 1 atom stereocenters. The summed E-state index contributed by atoms with van der Waals surface area (Å²) in [5.41, 5.74) is 1.06. The molecule has 3 aliphatic heterocycles. The summed E-state index contributed by atoms with van der Waals surface area (Å²) in [7, 11) is 1.33. The number of esters is 1. The lowest BCUT2D eigenvalue weighted by Crippen LogP contribution is -2.41. The SMILES string of the molecule is COC(=O)C1(C)Cc2cc(NC(=O)/C(C=N)=C3\N=CC=CN3)c(N3CCOCC3)cc2O1. The number of amides is 1. The van der Waals surface area contributed by atoms with Gasteiger partial charge in [-0.25, -0.2) is 9.79 Å². The molecule has 1 unspecified atom stereocenters. The molecule has 10 heteroatoms. The van der Waals surface area contributed by atoms with Crippen LogP contribution in [0.3, 0.4) is 0 Å². The fourth-order valence-corrected chi connectivity index (χ4v) is 3.89. The van der Waals surface area contributed by atoms with Gasteiger partial charge in [0.2, 0.25) is 5.60 Å². The van der Waals surface area contributed by atoms with Gasteiger partial charge in [0.15, 0.2) is 0 Å². The Morgan fingerprint density at radius 1 is 1.34 bits per heavy atom. The summed E-state index contributed by atoms with van der Waals surface area (Å²) in [4.78, 5) is 31.5. The van der Waals surface area contributed by atoms with Gasteiger partial charge in [-0.15, -0.1) is 0 Å². The van der Waals surface area contributed by atoms with Crippen molar-refractivity contribution in [3.8, 4) is 5.75 Å². The Kier molecular flexibility index (Phi) is 5.95. The van der Waals surface area contributed by atoms with Gasteiger partial charge in [-0.2, -0.15) is 0 Å². The van der Waals surface area contributed by atoms with E-state index in [9.17, 15) is 9.59 Å². The minimum atomic E-state index is -1.13. The smallest absolute Gasteiger partial charge is 0.350 e. The maximum Gasteiger partial charge on any atom is 0.350 e. The van der Waals surface area contributed by atoms with E-state index in [0.717, 1.165) is 17.5 Å². The average molecular weight is 439 g/mol. The quantitative estimate of drug-likeness (QED) is 0.360. The topological polar surface area (TPSA) is 125 Å². The summed E-state index contributed by atoms with van der Waals surface area (Å²) in [6.07, 6.45) is 6.16. The zero-order valence-corrected chi connectivity index (χ0v) is 17.9. The van der Waals surface area contributed by atoms with Crippen molar-refractivity contribution in [1.29, 1.82) is 5.41 Å². The van der Waals surface area contributed by atoms with Crippen LogP contribution in [0.5, 0.6) is 5.75 Å². The number of aliphatic imine (C=N–C) groups is 1. The molecule has 10 nitrogen and oxygen atoms in total. The third-order valence-corrected chi connectivity index (χ3v) is 5.51. The van der Waals surface area contributed by atoms with Crippen LogP contribution in [0.1, 0.15) is 12.5 Å². The van der Waals surface area contributed by atoms with Crippen molar-refractivity contribution in [3.63, 3.8) is 0 Å². The fourth-order valence-electron chi connectivity index (χ4n) is 3.89. The summed E-state index contributed by atoms with van der Waals surface area (Å²) in [6.45, 7) is 4.09. The average Bonchev–Trinajstić information content (AvgIpc) is 3.16. The van der Waals surface area contributed by atoms with Crippen LogP contribution in [0, 0.1) is 5.41 Å². The highest BCUT2D eigenvalue weighted by atomic mass is 16.6. The van der Waals surface area contributed by atoms with Gasteiger partial charge in [0.1, 0.15) is 11.6 Å². The van der Waals surface area contributed by atoms with E-state index in [1.54, 1.807) is 25.4 Å². The van der Waals surface area contributed by atoms with E-state index >= 15 is 0 Å². The highest BCUT2D eigenvalue weighted by Crippen LogP contribution is 2.42. The predicted octanol–water partition coefficient (Wildman–Crippen LogP) is 1.38. The van der Waals surface area contributed by atoms with E-state index in [-0.39, 0.29) is 11.4 Å². The number of fused-ring (bicyclic) bond motifs is 1. The Bertz CT molecular complexity index is 1040. The normalized spacial score (nSPS) is 23.0. The molecule has 0 aliphatic carbocycles. The second-order valence-corrected chi connectivity index (χ2v) is 7.72. The predicted molar refractivity (Wildman–Crippen MR) is 119 cm³/mol. The number of rotatable bonds is 5. The van der Waals surface area contributed by atoms with E-state index < -0.39 is 17.5 Å². The Hall–Kier alpha value is -3.66. The van der Waals surface area contributed by atoms with Crippen molar-refractivity contribution < 1.29 is 23.8 Å². The van der Waals surface area contributed by atoms with Gasteiger partial charge in [0, 0.05) is 49.8 Å². The van der Waals surface area contributed by atoms with Gasteiger partial charge in [0.05, 0.1) is 37.3 Å². The molecule has 1 aromatic carbocycles. The van der Waals surface area contributed by atoms with E-state index in [2.05, 4.69) is 20.5 Å². The molecule has 1 saturated heterocycles. The third kappa shape index (κ3) is 4.09. The second-order valence-electron chi connectivity index (χ2n) is 7.72. The summed E-state index contributed by atoms with van der Waals surface area (Å²) in [6, 6.07) is 3.65. The number of nitrogens with one attached hydrogen (secondary N) is 3. The Balaban J connectivity index is 1.69. The lowest BCUT2D eigenvalue weighted by Gasteiger charge is -2.31. The summed E-state index contributed by atoms with van der Waals surface area (Å²) in [5, 5.41) is 13.5. The van der Waals surface area contributed by atoms with Gasteiger partial charge in [-0.1, -0.05) is 0 Å². The molecule has 0 spiro atoms. The van der Waals surface area contributed by atoms with E-state index in [4.69, 9.17) is 19.6 Å². The molecule has 1 aromatic rings. The van der Waals surface area contributed by atoms with Crippen LogP contribution in [0.4, 0.5) is 11.4 Å². The van der Waals surface area contributed by atoms with Crippen molar-refractivity contribution >= 4 is 35.7 Å². The first-order valence-electron chi connectivity index (χ1n) is 10.2. The molecule has 3 N–H and O–H groups in total. The number of ether oxygens (including phenoxy) is 3. The standard InChI is InChI=1S/C22H25N5O5/c1-22(21(29)30-2)12-14-10-16(17(11-18(14)32-22)27-6-8-31-9-7-27)26-20(28)15(13-23)19-24-4-3-5-25-19/h3-5,10-11,13,23-24H,6-9,12H2,1-2H3,(H,26,28)/b19-15-,23-13?. The number of anilines is 2. The number of benzene rings is 1. The van der Waals surface area contributed by atoms with Crippen LogP contribution in [0.25, 0.3) is 0 Å². The number of morpholine rings is 1. The van der Waals surface area contributed by atoms with Crippen LogP contribution in [0.2, 0.25) is 0 Å². The molecule has 0 aromatic heterocycles. The Morgan fingerprint density at radius 3 is 2.78 bits per heavy atom. The molecule has 0 bridgehead atoms. The Morgan fingerprint density at radius 2 is 2.12 bits per heavy atom. The lowest BCUT2D eigenvalue weighted by atomic mass is 9.98. The van der Waals surface area contributed by atoms with Gasteiger partial charge < -0.3 is 35.2 Å². The van der Waals surface area contributed by atoms with Gasteiger partial charge in [-0.05, 0) is 19.1 Å². The molecule has 168 valence electrons. The number of allylic oxidation sites excluding steroid dienone is 1. The molecule has 3 heterocycles. The van der Waals surface area contributed by atoms with Crippen molar-refractivity contribution in [3.05, 3.63) is 41.4 Å². The first-order chi connectivity index (χ1) is 15.4. The van der Waals surface area contributed by atoms with Crippen LogP contribution < -0.4 is 20.3 Å². The van der Waals surface area contributed by atoms with Crippen LogP contribution in [0.15, 0.2) is 40.8 Å². The zero-order valence-electron chi connectivity index (χ0n) is 17.9. The molecule has 0 radical (unpaired) electrons. The van der Waals surface area contributed by atoms with Gasteiger partial charge in [0.25, 0.3) is 5.91 Å². The van der Waals surface area contributed by atoms with Crippen molar-refractivity contribution in [2.45, 2.75) is 18.9 Å². The van der Waals surface area contributed by atoms with Crippen molar-refractivity contribution in [2.75, 3.05) is 43.6 Å². The highest BCUT2D eigenvalue weighted by molar-refractivity contribution is 6.18. The fraction of sp³-hybridized carbons (Fsp3) is 0.364. The van der Waals surface area contributed by atoms with E-state index in [0.29, 0.717) is 44.2 Å². The number of carbonyl (C=O) groups is 2. The molecule has 0 saturated carbocycles.